The number of hydrazine groups is 1. The van der Waals surface area contributed by atoms with Crippen LogP contribution < -0.4 is 21.6 Å². The zero-order valence-corrected chi connectivity index (χ0v) is 15.3. The number of aryl methyl sites for hydroxylation is 1. The first-order valence-corrected chi connectivity index (χ1v) is 8.80. The molecule has 0 saturated carbocycles. The molecular formula is C20H20N2O5. The van der Waals surface area contributed by atoms with Gasteiger partial charge in [0.25, 0.3) is 0 Å². The summed E-state index contributed by atoms with van der Waals surface area (Å²) in [5.74, 6) is 5.28. The Morgan fingerprint density at radius 3 is 2.70 bits per heavy atom. The number of carbonyl (C=O) groups excluding carboxylic acids is 1. The first kappa shape index (κ1) is 17.4. The highest BCUT2D eigenvalue weighted by molar-refractivity contribution is 6.13. The summed E-state index contributed by atoms with van der Waals surface area (Å²) < 4.78 is 17.5. The third kappa shape index (κ3) is 2.71. The third-order valence-corrected chi connectivity index (χ3v) is 4.63. The van der Waals surface area contributed by atoms with Crippen molar-refractivity contribution in [1.82, 2.24) is 5.43 Å². The van der Waals surface area contributed by atoms with Crippen molar-refractivity contribution in [3.05, 3.63) is 45.5 Å². The van der Waals surface area contributed by atoms with E-state index >= 15 is 0 Å². The van der Waals surface area contributed by atoms with E-state index in [1.54, 1.807) is 0 Å². The van der Waals surface area contributed by atoms with Gasteiger partial charge in [-0.15, -0.1) is 0 Å². The van der Waals surface area contributed by atoms with Gasteiger partial charge in [-0.3, -0.25) is 10.2 Å². The summed E-state index contributed by atoms with van der Waals surface area (Å²) in [5.41, 5.74) is 3.39. The van der Waals surface area contributed by atoms with Crippen LogP contribution >= 0.6 is 0 Å². The molecule has 0 atom stereocenters. The minimum atomic E-state index is -0.568. The molecule has 140 valence electrons. The molecule has 1 aromatic carbocycles. The van der Waals surface area contributed by atoms with Crippen molar-refractivity contribution >= 4 is 33.9 Å². The number of rotatable bonds is 3. The Morgan fingerprint density at radius 1 is 1.22 bits per heavy atom. The summed E-state index contributed by atoms with van der Waals surface area (Å²) >= 11 is 0. The summed E-state index contributed by atoms with van der Waals surface area (Å²) in [6.45, 7) is 5.92. The fraction of sp³-hybridized carbons (Fsp3) is 0.300. The van der Waals surface area contributed by atoms with Crippen LogP contribution in [0, 0.1) is 0 Å². The highest BCUT2D eigenvalue weighted by Gasteiger charge is 2.30. The van der Waals surface area contributed by atoms with Crippen molar-refractivity contribution in [2.24, 2.45) is 5.84 Å². The number of hydrogen-bond donors (Lipinski definition) is 2. The highest BCUT2D eigenvalue weighted by Crippen LogP contribution is 2.45. The number of nitrogens with two attached hydrogens (primary N) is 1. The summed E-state index contributed by atoms with van der Waals surface area (Å²) in [7, 11) is 0. The maximum absolute atomic E-state index is 12.2. The predicted octanol–water partition coefficient (Wildman–Crippen LogP) is 3.28. The Hall–Kier alpha value is -3.06. The molecule has 0 fully saturated rings. The first-order valence-electron chi connectivity index (χ1n) is 8.80. The molecule has 7 heteroatoms. The average Bonchev–Trinajstić information content (AvgIpc) is 3.05. The van der Waals surface area contributed by atoms with Crippen LogP contribution in [-0.2, 0) is 6.42 Å². The van der Waals surface area contributed by atoms with Crippen molar-refractivity contribution in [2.45, 2.75) is 39.2 Å². The van der Waals surface area contributed by atoms with Crippen molar-refractivity contribution < 1.29 is 18.4 Å². The van der Waals surface area contributed by atoms with Crippen molar-refractivity contribution in [3.8, 4) is 5.75 Å². The van der Waals surface area contributed by atoms with E-state index in [0.717, 1.165) is 17.4 Å². The van der Waals surface area contributed by atoms with Crippen LogP contribution in [0.1, 0.15) is 48.9 Å². The second kappa shape index (κ2) is 5.99. The molecule has 27 heavy (non-hydrogen) atoms. The SMILES string of the molecule is CCCc1cc(=O)oc2c1c1c(c3oc(C(=O)NN)cc32)C=CC(C)(C)O1. The topological polar surface area (TPSA) is 108 Å². The molecule has 1 aliphatic rings. The molecule has 3 N–H and O–H groups in total. The Bertz CT molecular complexity index is 1170. The number of furan rings is 1. The second-order valence-corrected chi connectivity index (χ2v) is 7.15. The number of carbonyl (C=O) groups is 1. The standard InChI is InChI=1S/C20H20N2O5/c1-4-5-10-8-14(23)26-17-12-9-13(19(24)22-21)25-16(12)11-6-7-20(2,3)27-18(11)15(10)17/h6-9H,4-5,21H2,1-3H3,(H,22,24). The molecule has 2 aromatic heterocycles. The van der Waals surface area contributed by atoms with E-state index in [0.29, 0.717) is 34.3 Å². The highest BCUT2D eigenvalue weighted by atomic mass is 16.5. The minimum Gasteiger partial charge on any atom is -0.482 e. The molecule has 1 amide bonds. The Kier molecular flexibility index (Phi) is 3.85. The largest absolute Gasteiger partial charge is 0.482 e. The van der Waals surface area contributed by atoms with Crippen LogP contribution in [0.15, 0.2) is 31.8 Å². The van der Waals surface area contributed by atoms with Crippen LogP contribution in [-0.4, -0.2) is 11.5 Å². The summed E-state index contributed by atoms with van der Waals surface area (Å²) in [6, 6.07) is 3.03. The number of fused-ring (bicyclic) bond motifs is 6. The number of amides is 1. The van der Waals surface area contributed by atoms with Crippen LogP contribution in [0.5, 0.6) is 5.75 Å². The van der Waals surface area contributed by atoms with Crippen molar-refractivity contribution in [2.75, 3.05) is 0 Å². The van der Waals surface area contributed by atoms with Gasteiger partial charge in [0.1, 0.15) is 16.9 Å². The van der Waals surface area contributed by atoms with Gasteiger partial charge in [-0.05, 0) is 38.0 Å². The van der Waals surface area contributed by atoms with E-state index in [9.17, 15) is 9.59 Å². The number of nitrogen functional groups attached to an aromatic ring is 1. The fourth-order valence-corrected chi connectivity index (χ4v) is 3.47. The van der Waals surface area contributed by atoms with Gasteiger partial charge in [0.2, 0.25) is 0 Å². The van der Waals surface area contributed by atoms with E-state index in [-0.39, 0.29) is 5.76 Å². The normalized spacial score (nSPS) is 15.0. The smallest absolute Gasteiger partial charge is 0.336 e. The first-order chi connectivity index (χ1) is 12.8. The van der Waals surface area contributed by atoms with Gasteiger partial charge in [-0.1, -0.05) is 13.3 Å². The fourth-order valence-electron chi connectivity index (χ4n) is 3.47. The van der Waals surface area contributed by atoms with E-state index < -0.39 is 17.1 Å². The number of nitrogens with one attached hydrogen (secondary N) is 1. The molecule has 3 aromatic rings. The molecule has 0 spiro atoms. The van der Waals surface area contributed by atoms with Gasteiger partial charge in [0, 0.05) is 12.1 Å². The zero-order valence-electron chi connectivity index (χ0n) is 15.3. The quantitative estimate of drug-likeness (QED) is 0.318. The van der Waals surface area contributed by atoms with Crippen LogP contribution in [0.2, 0.25) is 0 Å². The maximum atomic E-state index is 12.2. The van der Waals surface area contributed by atoms with Gasteiger partial charge in [0.15, 0.2) is 11.3 Å². The molecule has 3 heterocycles. The van der Waals surface area contributed by atoms with Crippen LogP contribution in [0.3, 0.4) is 0 Å². The lowest BCUT2D eigenvalue weighted by atomic mass is 9.95. The Morgan fingerprint density at radius 2 is 2.00 bits per heavy atom. The molecular weight excluding hydrogens is 348 g/mol. The van der Waals surface area contributed by atoms with Gasteiger partial charge in [-0.2, -0.15) is 0 Å². The Labute approximate surface area is 154 Å². The molecule has 0 aliphatic carbocycles. The molecule has 0 saturated heterocycles. The molecule has 7 nitrogen and oxygen atoms in total. The van der Waals surface area contributed by atoms with E-state index in [1.165, 1.54) is 12.1 Å². The van der Waals surface area contributed by atoms with Crippen LogP contribution in [0.25, 0.3) is 28.0 Å². The lowest BCUT2D eigenvalue weighted by Gasteiger charge is -2.29. The summed E-state index contributed by atoms with van der Waals surface area (Å²) in [5, 5.41) is 1.27. The zero-order chi connectivity index (χ0) is 19.3. The average molecular weight is 368 g/mol. The monoisotopic (exact) mass is 368 g/mol. The Balaban J connectivity index is 2.19. The summed E-state index contributed by atoms with van der Waals surface area (Å²) in [4.78, 5) is 24.1. The second-order valence-electron chi connectivity index (χ2n) is 7.15. The van der Waals surface area contributed by atoms with E-state index in [1.807, 2.05) is 32.9 Å². The molecule has 0 radical (unpaired) electrons. The molecule has 0 unspecified atom stereocenters. The molecule has 1 aliphatic heterocycles. The molecule has 4 rings (SSSR count). The van der Waals surface area contributed by atoms with Gasteiger partial charge in [-0.25, -0.2) is 10.6 Å². The van der Waals surface area contributed by atoms with Gasteiger partial charge < -0.3 is 13.6 Å². The lowest BCUT2D eigenvalue weighted by molar-refractivity contribution is 0.0928. The van der Waals surface area contributed by atoms with E-state index in [2.05, 4.69) is 5.43 Å². The summed E-state index contributed by atoms with van der Waals surface area (Å²) in [6.07, 6.45) is 5.39. The minimum absolute atomic E-state index is 0.0315. The maximum Gasteiger partial charge on any atom is 0.336 e. The number of ether oxygens (including phenoxy) is 1. The number of benzene rings is 1. The van der Waals surface area contributed by atoms with Crippen molar-refractivity contribution in [1.29, 1.82) is 0 Å². The van der Waals surface area contributed by atoms with Crippen molar-refractivity contribution in [3.63, 3.8) is 0 Å². The number of hydrogen-bond acceptors (Lipinski definition) is 6. The lowest BCUT2D eigenvalue weighted by Crippen LogP contribution is -2.29. The van der Waals surface area contributed by atoms with E-state index in [4.69, 9.17) is 19.4 Å². The van der Waals surface area contributed by atoms with Gasteiger partial charge in [0.05, 0.1) is 16.3 Å². The molecule has 0 bridgehead atoms. The third-order valence-electron chi connectivity index (χ3n) is 4.63. The predicted molar refractivity (Wildman–Crippen MR) is 102 cm³/mol. The van der Waals surface area contributed by atoms with Gasteiger partial charge >= 0.3 is 11.5 Å². The van der Waals surface area contributed by atoms with Crippen LogP contribution in [0.4, 0.5) is 0 Å².